The number of rotatable bonds is 8. The number of amides is 1. The van der Waals surface area contributed by atoms with Crippen molar-refractivity contribution in [3.05, 3.63) is 64.7 Å². The summed E-state index contributed by atoms with van der Waals surface area (Å²) in [4.78, 5) is 28.3. The Balaban J connectivity index is 1.42. The average molecular weight is 480 g/mol. The molecule has 0 bridgehead atoms. The minimum atomic E-state index is -0.891. The van der Waals surface area contributed by atoms with Crippen molar-refractivity contribution >= 4 is 23.8 Å². The van der Waals surface area contributed by atoms with Crippen LogP contribution in [-0.2, 0) is 11.2 Å². The number of carbonyl (C=O) groups is 2. The van der Waals surface area contributed by atoms with Crippen LogP contribution in [0.3, 0.4) is 0 Å². The number of hydrogen-bond donors (Lipinski definition) is 3. The molecule has 0 radical (unpaired) electrons. The van der Waals surface area contributed by atoms with E-state index in [0.29, 0.717) is 24.2 Å². The molecule has 4 rings (SSSR count). The van der Waals surface area contributed by atoms with Gasteiger partial charge in [0.25, 0.3) is 5.91 Å². The van der Waals surface area contributed by atoms with E-state index < -0.39 is 5.97 Å². The summed E-state index contributed by atoms with van der Waals surface area (Å²) in [7, 11) is 2.11. The quantitative estimate of drug-likeness (QED) is 0.496. The van der Waals surface area contributed by atoms with Gasteiger partial charge in [-0.25, -0.2) is 0 Å². The van der Waals surface area contributed by atoms with E-state index in [4.69, 9.17) is 0 Å². The minimum Gasteiger partial charge on any atom is -0.480 e. The number of aliphatic carboxylic acids is 1. The van der Waals surface area contributed by atoms with Gasteiger partial charge in [-0.05, 0) is 60.8 Å². The Bertz CT molecular complexity index is 1060. The van der Waals surface area contributed by atoms with Crippen LogP contribution in [0.15, 0.2) is 47.6 Å². The number of piperazine rings is 1. The molecule has 2 aliphatic rings. The van der Waals surface area contributed by atoms with E-state index in [0.717, 1.165) is 49.3 Å². The Morgan fingerprint density at radius 1 is 1.09 bits per heavy atom. The third kappa shape index (κ3) is 6.45. The van der Waals surface area contributed by atoms with Gasteiger partial charge in [0.2, 0.25) is 0 Å². The molecule has 1 unspecified atom stereocenters. The van der Waals surface area contributed by atoms with Crippen LogP contribution in [0.2, 0.25) is 0 Å². The monoisotopic (exact) mass is 479 g/mol. The summed E-state index contributed by atoms with van der Waals surface area (Å²) >= 11 is 0. The number of hydrazone groups is 1. The lowest BCUT2D eigenvalue weighted by molar-refractivity contribution is -0.139. The lowest BCUT2D eigenvalue weighted by atomic mass is 9.90. The summed E-state index contributed by atoms with van der Waals surface area (Å²) in [5.74, 6) is -1.11. The molecule has 1 atom stereocenters. The Hall–Kier alpha value is -3.27. The van der Waals surface area contributed by atoms with Crippen LogP contribution < -0.4 is 5.32 Å². The van der Waals surface area contributed by atoms with E-state index in [1.807, 2.05) is 41.4 Å². The van der Waals surface area contributed by atoms with Gasteiger partial charge >= 0.3 is 5.97 Å². The van der Waals surface area contributed by atoms with E-state index >= 15 is 0 Å². The fraction of sp³-hybridized carbons (Fsp3) is 0.423. The fourth-order valence-corrected chi connectivity index (χ4v) is 4.63. The smallest absolute Gasteiger partial charge is 0.317 e. The van der Waals surface area contributed by atoms with Gasteiger partial charge in [0.1, 0.15) is 0 Å². The van der Waals surface area contributed by atoms with E-state index in [2.05, 4.69) is 27.4 Å². The van der Waals surface area contributed by atoms with Crippen LogP contribution in [0.25, 0.3) is 0 Å². The zero-order chi connectivity index (χ0) is 24.8. The Morgan fingerprint density at radius 2 is 1.83 bits per heavy atom. The number of anilines is 1. The Kier molecular flexibility index (Phi) is 8.12. The highest BCUT2D eigenvalue weighted by molar-refractivity contribution is 6.04. The average Bonchev–Trinajstić information content (AvgIpc) is 2.85. The Morgan fingerprint density at radius 3 is 2.51 bits per heavy atom. The highest BCUT2D eigenvalue weighted by Gasteiger charge is 2.28. The second-order valence-electron chi connectivity index (χ2n) is 9.13. The molecular formula is C26H33N5O4. The number of hydrogen-bond acceptors (Lipinski definition) is 7. The number of nitrogens with zero attached hydrogens (tertiary/aromatic N) is 4. The van der Waals surface area contributed by atoms with Gasteiger partial charge < -0.3 is 20.4 Å². The van der Waals surface area contributed by atoms with Crippen molar-refractivity contribution in [3.8, 4) is 0 Å². The first-order valence-corrected chi connectivity index (χ1v) is 12.0. The lowest BCUT2D eigenvalue weighted by Crippen LogP contribution is -2.41. The minimum absolute atomic E-state index is 0.0404. The van der Waals surface area contributed by atoms with Gasteiger partial charge in [-0.2, -0.15) is 5.10 Å². The van der Waals surface area contributed by atoms with Crippen molar-refractivity contribution in [1.29, 1.82) is 0 Å². The molecule has 9 heteroatoms. The number of likely N-dealkylation sites (N-methyl/N-ethyl adjacent to an activating group) is 1. The van der Waals surface area contributed by atoms with Gasteiger partial charge in [0.15, 0.2) is 0 Å². The second-order valence-corrected chi connectivity index (χ2v) is 9.13. The number of carboxylic acid groups (broad SMARTS) is 1. The van der Waals surface area contributed by atoms with Crippen molar-refractivity contribution in [1.82, 2.24) is 14.8 Å². The molecule has 1 fully saturated rings. The van der Waals surface area contributed by atoms with Crippen molar-refractivity contribution in [2.75, 3.05) is 58.2 Å². The first kappa shape index (κ1) is 24.8. The zero-order valence-electron chi connectivity index (χ0n) is 20.1. The molecule has 0 aliphatic carbocycles. The van der Waals surface area contributed by atoms with Crippen LogP contribution in [0, 0.1) is 0 Å². The predicted octanol–water partition coefficient (Wildman–Crippen LogP) is 1.89. The third-order valence-electron chi connectivity index (χ3n) is 6.64. The summed E-state index contributed by atoms with van der Waals surface area (Å²) in [6, 6.07) is 12.9. The molecule has 1 saturated heterocycles. The maximum Gasteiger partial charge on any atom is 0.317 e. The van der Waals surface area contributed by atoms with Crippen LogP contribution in [0.4, 0.5) is 5.69 Å². The van der Waals surface area contributed by atoms with Gasteiger partial charge in [-0.15, -0.1) is 0 Å². The molecule has 2 aliphatic heterocycles. The normalized spacial score (nSPS) is 19.0. The van der Waals surface area contributed by atoms with Crippen LogP contribution in [0.5, 0.6) is 0 Å². The zero-order valence-corrected chi connectivity index (χ0v) is 20.1. The number of carbonyl (C=O) groups excluding carboxylic acids is 1. The molecule has 2 aromatic rings. The number of carboxylic acids is 1. The predicted molar refractivity (Wildman–Crippen MR) is 135 cm³/mol. The van der Waals surface area contributed by atoms with Crippen LogP contribution in [-0.4, -0.2) is 96.0 Å². The van der Waals surface area contributed by atoms with Crippen LogP contribution >= 0.6 is 0 Å². The van der Waals surface area contributed by atoms with Gasteiger partial charge in [-0.3, -0.25) is 19.5 Å². The first-order chi connectivity index (χ1) is 16.9. The van der Waals surface area contributed by atoms with Crippen LogP contribution in [0.1, 0.15) is 39.5 Å². The van der Waals surface area contributed by atoms with E-state index in [1.54, 1.807) is 12.1 Å². The van der Waals surface area contributed by atoms with E-state index in [-0.39, 0.29) is 25.1 Å². The van der Waals surface area contributed by atoms with Gasteiger partial charge in [0.05, 0.1) is 12.8 Å². The molecule has 3 N–H and O–H groups in total. The summed E-state index contributed by atoms with van der Waals surface area (Å²) in [5, 5.41) is 28.3. The topological polar surface area (TPSA) is 109 Å². The number of aliphatic hydroxyl groups is 1. The lowest BCUT2D eigenvalue weighted by Gasteiger charge is -2.36. The molecular weight excluding hydrogens is 446 g/mol. The van der Waals surface area contributed by atoms with Crippen molar-refractivity contribution < 1.29 is 19.8 Å². The van der Waals surface area contributed by atoms with E-state index in [9.17, 15) is 19.8 Å². The highest BCUT2D eigenvalue weighted by Crippen LogP contribution is 2.34. The molecule has 9 nitrogen and oxygen atoms in total. The van der Waals surface area contributed by atoms with Gasteiger partial charge in [-0.1, -0.05) is 18.2 Å². The SMILES string of the molecule is CN1CCN(N=Cc2ccc(C(=O)Nc3ccc4c(c3)C(CCO)N(CC(=O)O)CC4)cc2)CC1. The molecule has 35 heavy (non-hydrogen) atoms. The summed E-state index contributed by atoms with van der Waals surface area (Å²) < 4.78 is 0. The third-order valence-corrected chi connectivity index (χ3v) is 6.64. The van der Waals surface area contributed by atoms with E-state index in [1.165, 1.54) is 0 Å². The molecule has 0 spiro atoms. The fourth-order valence-electron chi connectivity index (χ4n) is 4.63. The number of benzene rings is 2. The van der Waals surface area contributed by atoms with Gasteiger partial charge in [0, 0.05) is 56.6 Å². The maximum atomic E-state index is 12.9. The summed E-state index contributed by atoms with van der Waals surface area (Å²) in [5.41, 5.74) is 4.19. The van der Waals surface area contributed by atoms with Crippen molar-refractivity contribution in [2.24, 2.45) is 5.10 Å². The number of fused-ring (bicyclic) bond motifs is 1. The summed E-state index contributed by atoms with van der Waals surface area (Å²) in [6.45, 7) is 4.31. The largest absolute Gasteiger partial charge is 0.480 e. The standard InChI is InChI=1S/C26H33N5O4/c1-29-11-13-31(14-12-29)27-17-19-2-4-21(5-3-19)26(35)28-22-7-6-20-8-10-30(18-25(33)34)24(9-15-32)23(20)16-22/h2-7,16-17,24,32H,8-15,18H2,1H3,(H,28,35)(H,33,34). The number of aliphatic hydroxyl groups excluding tert-OH is 1. The molecule has 2 aromatic carbocycles. The van der Waals surface area contributed by atoms with Crippen molar-refractivity contribution in [3.63, 3.8) is 0 Å². The molecule has 2 heterocycles. The van der Waals surface area contributed by atoms with Crippen molar-refractivity contribution in [2.45, 2.75) is 18.9 Å². The second kappa shape index (κ2) is 11.4. The molecule has 1 amide bonds. The Labute approximate surface area is 205 Å². The first-order valence-electron chi connectivity index (χ1n) is 12.0. The summed E-state index contributed by atoms with van der Waals surface area (Å²) in [6.07, 6.45) is 2.99. The molecule has 0 saturated carbocycles. The molecule has 0 aromatic heterocycles. The number of nitrogens with one attached hydrogen (secondary N) is 1. The maximum absolute atomic E-state index is 12.9. The molecule has 186 valence electrons. The highest BCUT2D eigenvalue weighted by atomic mass is 16.4.